The first-order valence-electron chi connectivity index (χ1n) is 5.44. The van der Waals surface area contributed by atoms with Crippen molar-refractivity contribution >= 4 is 17.5 Å². The zero-order valence-electron chi connectivity index (χ0n) is 9.90. The van der Waals surface area contributed by atoms with Crippen LogP contribution in [0.3, 0.4) is 0 Å². The Morgan fingerprint density at radius 2 is 2.25 bits per heavy atom. The zero-order valence-corrected chi connectivity index (χ0v) is 10.7. The number of rotatable bonds is 5. The molecular weight excluding hydrogens is 226 g/mol. The van der Waals surface area contributed by atoms with E-state index in [1.807, 2.05) is 6.92 Å². The molecule has 0 spiro atoms. The normalized spacial score (nSPS) is 12.8. The van der Waals surface area contributed by atoms with Crippen molar-refractivity contribution in [2.75, 3.05) is 6.54 Å². The first kappa shape index (κ1) is 13.0. The Morgan fingerprint density at radius 1 is 1.56 bits per heavy atom. The highest BCUT2D eigenvalue weighted by atomic mass is 35.5. The monoisotopic (exact) mass is 243 g/mol. The molecule has 0 radical (unpaired) electrons. The van der Waals surface area contributed by atoms with Gasteiger partial charge in [0, 0.05) is 12.7 Å². The molecule has 1 atom stereocenters. The summed E-state index contributed by atoms with van der Waals surface area (Å²) in [5.74, 6) is 0.422. The van der Waals surface area contributed by atoms with Gasteiger partial charge < -0.3 is 5.32 Å². The van der Waals surface area contributed by atoms with E-state index in [1.165, 1.54) is 0 Å². The van der Waals surface area contributed by atoms with Gasteiger partial charge in [-0.3, -0.25) is 9.48 Å². The number of hydrogen-bond donors (Lipinski definition) is 1. The third-order valence-electron chi connectivity index (χ3n) is 2.19. The first-order chi connectivity index (χ1) is 7.49. The molecular formula is C11H18ClN3O. The lowest BCUT2D eigenvalue weighted by atomic mass is 10.1. The molecule has 1 aromatic rings. The van der Waals surface area contributed by atoms with Gasteiger partial charge in [-0.15, -0.1) is 0 Å². The van der Waals surface area contributed by atoms with E-state index in [2.05, 4.69) is 24.3 Å². The van der Waals surface area contributed by atoms with E-state index in [1.54, 1.807) is 17.1 Å². The number of hydrogen-bond acceptors (Lipinski definition) is 2. The van der Waals surface area contributed by atoms with Crippen LogP contribution in [0, 0.1) is 11.8 Å². The minimum Gasteiger partial charge on any atom is -0.356 e. The number of carbonyl (C=O) groups excluding carboxylic acids is 1. The Balaban J connectivity index is 2.39. The summed E-state index contributed by atoms with van der Waals surface area (Å²) in [5.41, 5.74) is 0. The topological polar surface area (TPSA) is 46.9 Å². The Bertz CT molecular complexity index is 349. The maximum atomic E-state index is 11.7. The summed E-state index contributed by atoms with van der Waals surface area (Å²) in [7, 11) is 0. The maximum Gasteiger partial charge on any atom is 0.224 e. The highest BCUT2D eigenvalue weighted by molar-refractivity contribution is 6.30. The van der Waals surface area contributed by atoms with E-state index in [9.17, 15) is 4.79 Å². The Hall–Kier alpha value is -1.03. The maximum absolute atomic E-state index is 11.7. The van der Waals surface area contributed by atoms with Gasteiger partial charge in [-0.1, -0.05) is 32.4 Å². The van der Waals surface area contributed by atoms with E-state index >= 15 is 0 Å². The van der Waals surface area contributed by atoms with Gasteiger partial charge >= 0.3 is 0 Å². The number of aromatic nitrogens is 2. The smallest absolute Gasteiger partial charge is 0.224 e. The van der Waals surface area contributed by atoms with E-state index in [4.69, 9.17) is 11.6 Å². The minimum atomic E-state index is -0.102. The Kier molecular flexibility index (Phi) is 4.80. The molecule has 0 aliphatic rings. The van der Waals surface area contributed by atoms with Crippen molar-refractivity contribution in [3.05, 3.63) is 17.4 Å². The highest BCUT2D eigenvalue weighted by Gasteiger charge is 2.13. The van der Waals surface area contributed by atoms with Crippen LogP contribution >= 0.6 is 11.6 Å². The van der Waals surface area contributed by atoms with Gasteiger partial charge in [0.2, 0.25) is 5.91 Å². The van der Waals surface area contributed by atoms with Crippen LogP contribution < -0.4 is 5.32 Å². The second-order valence-corrected chi connectivity index (χ2v) is 4.86. The van der Waals surface area contributed by atoms with Crippen LogP contribution in [0.25, 0.3) is 0 Å². The van der Waals surface area contributed by atoms with E-state index < -0.39 is 0 Å². The third-order valence-corrected chi connectivity index (χ3v) is 2.39. The number of nitrogens with zero attached hydrogens (tertiary/aromatic N) is 2. The highest BCUT2D eigenvalue weighted by Crippen LogP contribution is 2.07. The molecule has 16 heavy (non-hydrogen) atoms. The van der Waals surface area contributed by atoms with E-state index in [0.29, 0.717) is 24.0 Å². The van der Waals surface area contributed by atoms with Crippen LogP contribution in [0.2, 0.25) is 5.02 Å². The second kappa shape index (κ2) is 5.89. The van der Waals surface area contributed by atoms with Crippen LogP contribution in [-0.2, 0) is 11.3 Å². The third kappa shape index (κ3) is 4.23. The van der Waals surface area contributed by atoms with Crippen molar-refractivity contribution in [1.82, 2.24) is 15.1 Å². The molecule has 5 heteroatoms. The molecule has 1 N–H and O–H groups in total. The average Bonchev–Trinajstić information content (AvgIpc) is 2.60. The van der Waals surface area contributed by atoms with Crippen LogP contribution in [0.15, 0.2) is 12.4 Å². The van der Waals surface area contributed by atoms with E-state index in [0.717, 1.165) is 0 Å². The van der Waals surface area contributed by atoms with Gasteiger partial charge in [0.15, 0.2) is 0 Å². The summed E-state index contributed by atoms with van der Waals surface area (Å²) in [4.78, 5) is 11.7. The van der Waals surface area contributed by atoms with Crippen LogP contribution in [0.4, 0.5) is 0 Å². The molecule has 1 amide bonds. The van der Waals surface area contributed by atoms with Crippen molar-refractivity contribution in [1.29, 1.82) is 0 Å². The largest absolute Gasteiger partial charge is 0.356 e. The van der Waals surface area contributed by atoms with Crippen molar-refractivity contribution < 1.29 is 4.79 Å². The van der Waals surface area contributed by atoms with E-state index in [-0.39, 0.29) is 11.8 Å². The molecule has 0 saturated heterocycles. The lowest BCUT2D eigenvalue weighted by Gasteiger charge is -2.13. The second-order valence-electron chi connectivity index (χ2n) is 4.42. The SMILES string of the molecule is CC(C)CNC(=O)[C@H](C)Cn1cc(Cl)cn1. The van der Waals surface area contributed by atoms with Gasteiger partial charge in [-0.05, 0) is 5.92 Å². The fourth-order valence-electron chi connectivity index (χ4n) is 1.28. The lowest BCUT2D eigenvalue weighted by molar-refractivity contribution is -0.125. The van der Waals surface area contributed by atoms with Gasteiger partial charge in [-0.25, -0.2) is 0 Å². The standard InChI is InChI=1S/C11H18ClN3O/c1-8(2)4-13-11(16)9(3)6-15-7-10(12)5-14-15/h5,7-9H,4,6H2,1-3H3,(H,13,16)/t9-/m1/s1. The first-order valence-corrected chi connectivity index (χ1v) is 5.82. The summed E-state index contributed by atoms with van der Waals surface area (Å²) in [6.45, 7) is 7.28. The summed E-state index contributed by atoms with van der Waals surface area (Å²) in [6, 6.07) is 0. The van der Waals surface area contributed by atoms with Crippen molar-refractivity contribution in [3.8, 4) is 0 Å². The summed E-state index contributed by atoms with van der Waals surface area (Å²) in [5, 5.41) is 7.53. The molecule has 0 aliphatic carbocycles. The van der Waals surface area contributed by atoms with Crippen LogP contribution in [-0.4, -0.2) is 22.2 Å². The fraction of sp³-hybridized carbons (Fsp3) is 0.636. The fourth-order valence-corrected chi connectivity index (χ4v) is 1.44. The number of nitrogens with one attached hydrogen (secondary N) is 1. The summed E-state index contributed by atoms with van der Waals surface area (Å²) in [6.07, 6.45) is 3.29. The Labute approximate surface area is 101 Å². The van der Waals surface area contributed by atoms with Crippen LogP contribution in [0.1, 0.15) is 20.8 Å². The molecule has 0 aliphatic heterocycles. The van der Waals surface area contributed by atoms with Gasteiger partial charge in [0.25, 0.3) is 0 Å². The number of amides is 1. The molecule has 4 nitrogen and oxygen atoms in total. The predicted molar refractivity (Wildman–Crippen MR) is 64.2 cm³/mol. The van der Waals surface area contributed by atoms with Gasteiger partial charge in [0.05, 0.1) is 23.7 Å². The zero-order chi connectivity index (χ0) is 12.1. The molecule has 0 unspecified atom stereocenters. The average molecular weight is 244 g/mol. The molecule has 1 heterocycles. The quantitative estimate of drug-likeness (QED) is 0.859. The Morgan fingerprint density at radius 3 is 2.75 bits per heavy atom. The number of carbonyl (C=O) groups is 1. The molecule has 0 aromatic carbocycles. The van der Waals surface area contributed by atoms with Gasteiger partial charge in [-0.2, -0.15) is 5.10 Å². The van der Waals surface area contributed by atoms with Crippen LogP contribution in [0.5, 0.6) is 0 Å². The summed E-state index contributed by atoms with van der Waals surface area (Å²) >= 11 is 5.74. The predicted octanol–water partition coefficient (Wildman–Crippen LogP) is 1.94. The van der Waals surface area contributed by atoms with Crippen molar-refractivity contribution in [2.45, 2.75) is 27.3 Å². The molecule has 90 valence electrons. The molecule has 1 aromatic heterocycles. The van der Waals surface area contributed by atoms with Gasteiger partial charge in [0.1, 0.15) is 0 Å². The minimum absolute atomic E-state index is 0.0559. The molecule has 0 saturated carbocycles. The molecule has 1 rings (SSSR count). The lowest BCUT2D eigenvalue weighted by Crippen LogP contribution is -2.34. The van der Waals surface area contributed by atoms with Crippen molar-refractivity contribution in [3.63, 3.8) is 0 Å². The van der Waals surface area contributed by atoms with Crippen molar-refractivity contribution in [2.24, 2.45) is 11.8 Å². The summed E-state index contributed by atoms with van der Waals surface area (Å²) < 4.78 is 1.68. The molecule has 0 bridgehead atoms. The molecule has 0 fully saturated rings. The number of halogens is 1.